The van der Waals surface area contributed by atoms with E-state index in [4.69, 9.17) is 10.5 Å². The molecular weight excluding hydrogens is 276 g/mol. The van der Waals surface area contributed by atoms with Crippen LogP contribution in [0.1, 0.15) is 41.6 Å². The quantitative estimate of drug-likeness (QED) is 0.879. The summed E-state index contributed by atoms with van der Waals surface area (Å²) >= 11 is 1.19. The van der Waals surface area contributed by atoms with Gasteiger partial charge >= 0.3 is 0 Å². The Bertz CT molecular complexity index is 451. The van der Waals surface area contributed by atoms with Gasteiger partial charge in [-0.3, -0.25) is 4.79 Å². The number of methoxy groups -OCH3 is 1. The number of carbonyl (C=O) groups is 1. The van der Waals surface area contributed by atoms with Crippen molar-refractivity contribution in [3.63, 3.8) is 0 Å². The van der Waals surface area contributed by atoms with Crippen LogP contribution in [0.3, 0.4) is 0 Å². The summed E-state index contributed by atoms with van der Waals surface area (Å²) in [5.41, 5.74) is 6.63. The highest BCUT2D eigenvalue weighted by atomic mass is 32.1. The summed E-state index contributed by atoms with van der Waals surface area (Å²) < 4.78 is 9.32. The maximum atomic E-state index is 12.7. The van der Waals surface area contributed by atoms with Gasteiger partial charge in [-0.25, -0.2) is 0 Å². The Balaban J connectivity index is 2.13. The normalized spacial score (nSPS) is 23.1. The Morgan fingerprint density at radius 1 is 1.60 bits per heavy atom. The standard InChI is InChI=1S/C13H22N4O2S/c1-3-4-11-12(20-16-15-11)13(18)17-6-5-10(19-2)7-9(17)8-14/h9-10H,3-8,14H2,1-2H3. The minimum absolute atomic E-state index is 0.0217. The van der Waals surface area contributed by atoms with E-state index in [0.29, 0.717) is 18.0 Å². The molecule has 1 aromatic heterocycles. The Morgan fingerprint density at radius 2 is 2.40 bits per heavy atom. The number of nitrogens with two attached hydrogens (primary N) is 1. The summed E-state index contributed by atoms with van der Waals surface area (Å²) in [6.45, 7) is 3.21. The van der Waals surface area contributed by atoms with E-state index >= 15 is 0 Å². The maximum Gasteiger partial charge on any atom is 0.267 e. The number of amides is 1. The Hall–Kier alpha value is -1.05. The van der Waals surface area contributed by atoms with Crippen molar-refractivity contribution in [2.24, 2.45) is 5.73 Å². The van der Waals surface area contributed by atoms with Crippen LogP contribution in [0.15, 0.2) is 0 Å². The van der Waals surface area contributed by atoms with Crippen molar-refractivity contribution in [2.45, 2.75) is 44.8 Å². The highest BCUT2D eigenvalue weighted by molar-refractivity contribution is 7.08. The predicted molar refractivity (Wildman–Crippen MR) is 77.8 cm³/mol. The van der Waals surface area contributed by atoms with Crippen molar-refractivity contribution in [1.82, 2.24) is 14.5 Å². The number of aryl methyl sites for hydroxylation is 1. The van der Waals surface area contributed by atoms with Crippen molar-refractivity contribution in [2.75, 3.05) is 20.2 Å². The molecular formula is C13H22N4O2S. The number of hydrogen-bond donors (Lipinski definition) is 1. The number of aromatic nitrogens is 2. The molecule has 7 heteroatoms. The highest BCUT2D eigenvalue weighted by Gasteiger charge is 2.33. The first-order valence-corrected chi connectivity index (χ1v) is 7.83. The van der Waals surface area contributed by atoms with Gasteiger partial charge in [0.05, 0.1) is 11.8 Å². The van der Waals surface area contributed by atoms with E-state index in [1.807, 2.05) is 4.90 Å². The molecule has 1 amide bonds. The molecule has 1 aliphatic heterocycles. The smallest absolute Gasteiger partial charge is 0.267 e. The topological polar surface area (TPSA) is 81.3 Å². The van der Waals surface area contributed by atoms with Crippen LogP contribution in [0.25, 0.3) is 0 Å². The van der Waals surface area contributed by atoms with Crippen molar-refractivity contribution in [3.05, 3.63) is 10.6 Å². The fourth-order valence-corrected chi connectivity index (χ4v) is 3.29. The van der Waals surface area contributed by atoms with Crippen LogP contribution in [0, 0.1) is 0 Å². The van der Waals surface area contributed by atoms with Crippen LogP contribution in [0.5, 0.6) is 0 Å². The van der Waals surface area contributed by atoms with Crippen LogP contribution in [-0.2, 0) is 11.2 Å². The van der Waals surface area contributed by atoms with E-state index in [-0.39, 0.29) is 18.1 Å². The summed E-state index contributed by atoms with van der Waals surface area (Å²) in [6.07, 6.45) is 3.60. The molecule has 1 aliphatic rings. The summed E-state index contributed by atoms with van der Waals surface area (Å²) in [4.78, 5) is 15.2. The number of carbonyl (C=O) groups excluding carboxylic acids is 1. The number of piperidine rings is 1. The van der Waals surface area contributed by atoms with Crippen LogP contribution in [-0.4, -0.2) is 52.7 Å². The van der Waals surface area contributed by atoms with Gasteiger partial charge in [0.25, 0.3) is 5.91 Å². The second-order valence-electron chi connectivity index (χ2n) is 5.07. The molecule has 1 saturated heterocycles. The molecule has 2 unspecified atom stereocenters. The molecule has 2 rings (SSSR count). The minimum Gasteiger partial charge on any atom is -0.381 e. The predicted octanol–water partition coefficient (Wildman–Crippen LogP) is 1.07. The van der Waals surface area contributed by atoms with E-state index in [2.05, 4.69) is 16.5 Å². The lowest BCUT2D eigenvalue weighted by Gasteiger charge is -2.38. The second-order valence-corrected chi connectivity index (χ2v) is 5.82. The number of likely N-dealkylation sites (tertiary alicyclic amines) is 1. The molecule has 0 spiro atoms. The largest absolute Gasteiger partial charge is 0.381 e. The minimum atomic E-state index is 0.0217. The number of hydrogen-bond acceptors (Lipinski definition) is 6. The fourth-order valence-electron chi connectivity index (χ4n) is 2.62. The second kappa shape index (κ2) is 7.10. The van der Waals surface area contributed by atoms with Crippen molar-refractivity contribution < 1.29 is 9.53 Å². The summed E-state index contributed by atoms with van der Waals surface area (Å²) in [6, 6.07) is 0.0396. The average Bonchev–Trinajstić information content (AvgIpc) is 2.94. The van der Waals surface area contributed by atoms with Crippen LogP contribution in [0.4, 0.5) is 0 Å². The van der Waals surface area contributed by atoms with Gasteiger partial charge in [-0.1, -0.05) is 17.8 Å². The average molecular weight is 298 g/mol. The van der Waals surface area contributed by atoms with Crippen molar-refractivity contribution in [1.29, 1.82) is 0 Å². The molecule has 0 bridgehead atoms. The molecule has 112 valence electrons. The van der Waals surface area contributed by atoms with Crippen LogP contribution >= 0.6 is 11.5 Å². The molecule has 0 radical (unpaired) electrons. The van der Waals surface area contributed by atoms with E-state index in [1.165, 1.54) is 11.5 Å². The van der Waals surface area contributed by atoms with Gasteiger partial charge in [0.1, 0.15) is 4.88 Å². The molecule has 0 saturated carbocycles. The summed E-state index contributed by atoms with van der Waals surface area (Å²) in [5, 5.41) is 4.07. The molecule has 20 heavy (non-hydrogen) atoms. The monoisotopic (exact) mass is 298 g/mol. The Morgan fingerprint density at radius 3 is 3.05 bits per heavy atom. The summed E-state index contributed by atoms with van der Waals surface area (Å²) in [7, 11) is 1.71. The molecule has 2 atom stereocenters. The molecule has 2 N–H and O–H groups in total. The van der Waals surface area contributed by atoms with E-state index in [1.54, 1.807) is 7.11 Å². The maximum absolute atomic E-state index is 12.7. The van der Waals surface area contributed by atoms with Gasteiger partial charge in [-0.05, 0) is 30.8 Å². The van der Waals surface area contributed by atoms with Crippen molar-refractivity contribution in [3.8, 4) is 0 Å². The zero-order valence-electron chi connectivity index (χ0n) is 12.0. The third kappa shape index (κ3) is 3.16. The SMILES string of the molecule is CCCc1nnsc1C(=O)N1CCC(OC)CC1CN. The van der Waals surface area contributed by atoms with E-state index in [9.17, 15) is 4.79 Å². The molecule has 1 fully saturated rings. The number of ether oxygens (including phenoxy) is 1. The lowest BCUT2D eigenvalue weighted by molar-refractivity contribution is 0.0141. The molecule has 1 aromatic rings. The first-order chi connectivity index (χ1) is 9.71. The van der Waals surface area contributed by atoms with Gasteiger partial charge < -0.3 is 15.4 Å². The molecule has 6 nitrogen and oxygen atoms in total. The Labute approximate surface area is 123 Å². The van der Waals surface area contributed by atoms with Gasteiger partial charge in [0, 0.05) is 26.2 Å². The lowest BCUT2D eigenvalue weighted by atomic mass is 9.99. The first-order valence-electron chi connectivity index (χ1n) is 7.06. The third-order valence-corrected chi connectivity index (χ3v) is 4.53. The number of rotatable bonds is 5. The van der Waals surface area contributed by atoms with Gasteiger partial charge in [0.2, 0.25) is 0 Å². The van der Waals surface area contributed by atoms with Gasteiger partial charge in [-0.2, -0.15) is 0 Å². The Kier molecular flexibility index (Phi) is 5.45. The molecule has 2 heterocycles. The molecule has 0 aliphatic carbocycles. The van der Waals surface area contributed by atoms with Crippen LogP contribution < -0.4 is 5.73 Å². The zero-order chi connectivity index (χ0) is 14.5. The third-order valence-electron chi connectivity index (χ3n) is 3.77. The summed E-state index contributed by atoms with van der Waals surface area (Å²) in [5.74, 6) is 0.0217. The van der Waals surface area contributed by atoms with Gasteiger partial charge in [0.15, 0.2) is 0 Å². The first kappa shape index (κ1) is 15.3. The van der Waals surface area contributed by atoms with E-state index < -0.39 is 0 Å². The van der Waals surface area contributed by atoms with Crippen molar-refractivity contribution >= 4 is 17.4 Å². The van der Waals surface area contributed by atoms with Gasteiger partial charge in [-0.15, -0.1) is 5.10 Å². The zero-order valence-corrected chi connectivity index (χ0v) is 12.9. The lowest BCUT2D eigenvalue weighted by Crippen LogP contribution is -2.51. The molecule has 0 aromatic carbocycles. The van der Waals surface area contributed by atoms with Crippen LogP contribution in [0.2, 0.25) is 0 Å². The highest BCUT2D eigenvalue weighted by Crippen LogP contribution is 2.23. The van der Waals surface area contributed by atoms with E-state index in [0.717, 1.165) is 31.4 Å². The fraction of sp³-hybridized carbons (Fsp3) is 0.769. The number of nitrogens with zero attached hydrogens (tertiary/aromatic N) is 3.